The van der Waals surface area contributed by atoms with E-state index in [9.17, 15) is 27.6 Å². The van der Waals surface area contributed by atoms with Gasteiger partial charge in [-0.25, -0.2) is 4.79 Å². The van der Waals surface area contributed by atoms with Crippen LogP contribution in [0.3, 0.4) is 0 Å². The van der Waals surface area contributed by atoms with Crippen LogP contribution in [0.15, 0.2) is 54.6 Å². The number of carbonyl (C=O) groups is 3. The fraction of sp³-hybridized carbons (Fsp3) is 0.348. The number of amides is 3. The summed E-state index contributed by atoms with van der Waals surface area (Å²) in [6.45, 7) is 3.39. The SMILES string of the molecule is CC(C)[C@H](NC(=O)OCc1ccccc1)C(=O)N[C@H](Cc1ccc(C(F)(F)F)cc1)C(N)=O. The number of alkyl halides is 3. The molecule has 0 aliphatic heterocycles. The van der Waals surface area contributed by atoms with Crippen molar-refractivity contribution in [3.05, 3.63) is 71.3 Å². The molecular formula is C23H26F3N3O4. The standard InChI is InChI=1S/C23H26F3N3O4/c1-14(2)19(29-22(32)33-13-16-6-4-3-5-7-16)21(31)28-18(20(27)30)12-15-8-10-17(11-9-15)23(24,25)26/h3-11,14,18-19H,12-13H2,1-2H3,(H2,27,30)(H,28,31)(H,29,32)/t18-,19+/m1/s1. The summed E-state index contributed by atoms with van der Waals surface area (Å²) in [5.74, 6) is -1.89. The molecule has 2 aromatic rings. The Bertz CT molecular complexity index is 948. The number of rotatable bonds is 9. The van der Waals surface area contributed by atoms with Crippen molar-refractivity contribution < 1.29 is 32.3 Å². The fourth-order valence-electron chi connectivity index (χ4n) is 2.98. The van der Waals surface area contributed by atoms with E-state index in [2.05, 4.69) is 10.6 Å². The molecule has 178 valence electrons. The van der Waals surface area contributed by atoms with Crippen molar-refractivity contribution in [3.63, 3.8) is 0 Å². The molecule has 0 radical (unpaired) electrons. The van der Waals surface area contributed by atoms with E-state index in [1.54, 1.807) is 38.1 Å². The van der Waals surface area contributed by atoms with Crippen LogP contribution in [0.4, 0.5) is 18.0 Å². The molecule has 0 bridgehead atoms. The van der Waals surface area contributed by atoms with Crippen LogP contribution >= 0.6 is 0 Å². The van der Waals surface area contributed by atoms with Crippen LogP contribution in [-0.4, -0.2) is 30.0 Å². The topological polar surface area (TPSA) is 111 Å². The van der Waals surface area contributed by atoms with Gasteiger partial charge in [0.2, 0.25) is 11.8 Å². The Hall–Kier alpha value is -3.56. The van der Waals surface area contributed by atoms with Gasteiger partial charge in [0.05, 0.1) is 5.56 Å². The molecule has 0 aliphatic rings. The number of benzene rings is 2. The number of ether oxygens (including phenoxy) is 1. The number of primary amides is 1. The van der Waals surface area contributed by atoms with Gasteiger partial charge in [0.25, 0.3) is 0 Å². The van der Waals surface area contributed by atoms with Crippen molar-refractivity contribution >= 4 is 17.9 Å². The summed E-state index contributed by atoms with van der Waals surface area (Å²) in [4.78, 5) is 36.8. The van der Waals surface area contributed by atoms with E-state index < -0.39 is 41.7 Å². The van der Waals surface area contributed by atoms with Crippen molar-refractivity contribution in [2.24, 2.45) is 11.7 Å². The van der Waals surface area contributed by atoms with Gasteiger partial charge in [0.15, 0.2) is 0 Å². The molecule has 2 atom stereocenters. The zero-order valence-corrected chi connectivity index (χ0v) is 18.2. The summed E-state index contributed by atoms with van der Waals surface area (Å²) in [6, 6.07) is 10.9. The van der Waals surface area contributed by atoms with Crippen LogP contribution in [0.2, 0.25) is 0 Å². The van der Waals surface area contributed by atoms with E-state index in [1.807, 2.05) is 6.07 Å². The maximum absolute atomic E-state index is 12.7. The van der Waals surface area contributed by atoms with Gasteiger partial charge < -0.3 is 21.1 Å². The monoisotopic (exact) mass is 465 g/mol. The van der Waals surface area contributed by atoms with Gasteiger partial charge in [-0.15, -0.1) is 0 Å². The third-order valence-corrected chi connectivity index (χ3v) is 4.82. The molecule has 0 saturated carbocycles. The van der Waals surface area contributed by atoms with Gasteiger partial charge in [0, 0.05) is 6.42 Å². The molecule has 3 amide bonds. The average Bonchev–Trinajstić information content (AvgIpc) is 2.75. The summed E-state index contributed by atoms with van der Waals surface area (Å²) in [5, 5.41) is 4.93. The first-order valence-corrected chi connectivity index (χ1v) is 10.2. The van der Waals surface area contributed by atoms with E-state index in [-0.39, 0.29) is 18.9 Å². The van der Waals surface area contributed by atoms with Crippen molar-refractivity contribution in [3.8, 4) is 0 Å². The Morgan fingerprint density at radius 2 is 1.55 bits per heavy atom. The maximum Gasteiger partial charge on any atom is 0.416 e. The van der Waals surface area contributed by atoms with Crippen molar-refractivity contribution in [1.82, 2.24) is 10.6 Å². The Morgan fingerprint density at radius 1 is 0.939 bits per heavy atom. The van der Waals surface area contributed by atoms with Gasteiger partial charge in [-0.05, 0) is 29.2 Å². The van der Waals surface area contributed by atoms with E-state index >= 15 is 0 Å². The summed E-state index contributed by atoms with van der Waals surface area (Å²) in [7, 11) is 0. The lowest BCUT2D eigenvalue weighted by atomic mass is 10.0. The normalized spacial score (nSPS) is 13.2. The lowest BCUT2D eigenvalue weighted by Crippen LogP contribution is -2.55. The molecule has 10 heteroatoms. The predicted octanol–water partition coefficient (Wildman–Crippen LogP) is 3.17. The molecule has 0 aliphatic carbocycles. The van der Waals surface area contributed by atoms with Crippen molar-refractivity contribution in [2.75, 3.05) is 0 Å². The molecule has 0 saturated heterocycles. The maximum atomic E-state index is 12.7. The molecule has 0 spiro atoms. The highest BCUT2D eigenvalue weighted by Crippen LogP contribution is 2.29. The summed E-state index contributed by atoms with van der Waals surface area (Å²) in [5.41, 5.74) is 5.69. The molecule has 33 heavy (non-hydrogen) atoms. The Morgan fingerprint density at radius 3 is 2.06 bits per heavy atom. The number of nitrogens with one attached hydrogen (secondary N) is 2. The Kier molecular flexibility index (Phi) is 8.84. The molecule has 2 rings (SSSR count). The first-order valence-electron chi connectivity index (χ1n) is 10.2. The van der Waals surface area contributed by atoms with Gasteiger partial charge in [0.1, 0.15) is 18.7 Å². The Labute approximate surface area is 189 Å². The minimum atomic E-state index is -4.49. The summed E-state index contributed by atoms with van der Waals surface area (Å²) >= 11 is 0. The number of carbonyl (C=O) groups excluding carboxylic acids is 3. The van der Waals surface area contributed by atoms with E-state index in [0.717, 1.165) is 17.7 Å². The highest BCUT2D eigenvalue weighted by molar-refractivity contribution is 5.91. The van der Waals surface area contributed by atoms with Crippen LogP contribution in [-0.2, 0) is 33.5 Å². The van der Waals surface area contributed by atoms with Gasteiger partial charge >= 0.3 is 12.3 Å². The van der Waals surface area contributed by atoms with Gasteiger partial charge in [-0.2, -0.15) is 13.2 Å². The van der Waals surface area contributed by atoms with Gasteiger partial charge in [-0.3, -0.25) is 9.59 Å². The van der Waals surface area contributed by atoms with Crippen LogP contribution in [0.1, 0.15) is 30.5 Å². The highest BCUT2D eigenvalue weighted by Gasteiger charge is 2.31. The second-order valence-electron chi connectivity index (χ2n) is 7.79. The number of hydrogen-bond acceptors (Lipinski definition) is 4. The highest BCUT2D eigenvalue weighted by atomic mass is 19.4. The first-order chi connectivity index (χ1) is 15.5. The second kappa shape index (κ2) is 11.3. The largest absolute Gasteiger partial charge is 0.445 e. The third kappa shape index (κ3) is 8.13. The quantitative estimate of drug-likeness (QED) is 0.528. The predicted molar refractivity (Wildman–Crippen MR) is 115 cm³/mol. The molecule has 4 N–H and O–H groups in total. The number of nitrogens with two attached hydrogens (primary N) is 1. The minimum Gasteiger partial charge on any atom is -0.445 e. The lowest BCUT2D eigenvalue weighted by Gasteiger charge is -2.24. The summed E-state index contributed by atoms with van der Waals surface area (Å²) < 4.78 is 43.3. The van der Waals surface area contributed by atoms with Crippen molar-refractivity contribution in [2.45, 2.75) is 45.1 Å². The minimum absolute atomic E-state index is 0.0109. The average molecular weight is 465 g/mol. The Balaban J connectivity index is 2.00. The molecule has 0 fully saturated rings. The first kappa shape index (κ1) is 25.7. The third-order valence-electron chi connectivity index (χ3n) is 4.82. The van der Waals surface area contributed by atoms with Crippen molar-refractivity contribution in [1.29, 1.82) is 0 Å². The van der Waals surface area contributed by atoms with E-state index in [0.29, 0.717) is 5.56 Å². The molecule has 2 aromatic carbocycles. The molecule has 0 heterocycles. The molecule has 0 aromatic heterocycles. The smallest absolute Gasteiger partial charge is 0.416 e. The molecule has 0 unspecified atom stereocenters. The van der Waals surface area contributed by atoms with Gasteiger partial charge in [-0.1, -0.05) is 56.3 Å². The number of alkyl carbamates (subject to hydrolysis) is 1. The molecule has 7 nitrogen and oxygen atoms in total. The lowest BCUT2D eigenvalue weighted by molar-refractivity contribution is -0.137. The van der Waals surface area contributed by atoms with E-state index in [1.165, 1.54) is 12.1 Å². The van der Waals surface area contributed by atoms with Crippen LogP contribution < -0.4 is 16.4 Å². The zero-order valence-electron chi connectivity index (χ0n) is 18.2. The van der Waals surface area contributed by atoms with Crippen LogP contribution in [0.5, 0.6) is 0 Å². The fourth-order valence-corrected chi connectivity index (χ4v) is 2.98. The second-order valence-corrected chi connectivity index (χ2v) is 7.79. The van der Waals surface area contributed by atoms with Crippen LogP contribution in [0.25, 0.3) is 0 Å². The number of hydrogen-bond donors (Lipinski definition) is 3. The van der Waals surface area contributed by atoms with E-state index in [4.69, 9.17) is 10.5 Å². The summed E-state index contributed by atoms with van der Waals surface area (Å²) in [6.07, 6.45) is -5.41. The number of halogens is 3. The van der Waals surface area contributed by atoms with Crippen LogP contribution in [0, 0.1) is 5.92 Å². The molecular weight excluding hydrogens is 439 g/mol. The zero-order chi connectivity index (χ0) is 24.6.